The molecule has 4 rings (SSSR count). The molecule has 2 fully saturated rings. The highest BCUT2D eigenvalue weighted by atomic mass is 16.5. The van der Waals surface area contributed by atoms with Gasteiger partial charge in [0.1, 0.15) is 5.75 Å². The number of ether oxygens (including phenoxy) is 1. The zero-order chi connectivity index (χ0) is 23.2. The van der Waals surface area contributed by atoms with Crippen LogP contribution in [0.5, 0.6) is 5.75 Å². The van der Waals surface area contributed by atoms with E-state index in [-0.39, 0.29) is 11.9 Å². The van der Waals surface area contributed by atoms with Crippen molar-refractivity contribution in [1.29, 1.82) is 0 Å². The maximum atomic E-state index is 13.0. The highest BCUT2D eigenvalue weighted by Gasteiger charge is 2.26. The summed E-state index contributed by atoms with van der Waals surface area (Å²) < 4.78 is 5.22. The minimum Gasteiger partial charge on any atom is -0.497 e. The summed E-state index contributed by atoms with van der Waals surface area (Å²) in [7, 11) is 1.59. The number of piperazine rings is 2. The van der Waals surface area contributed by atoms with Gasteiger partial charge in [-0.3, -0.25) is 4.79 Å². The molecular weight excluding hydrogens is 418 g/mol. The first-order chi connectivity index (χ1) is 16.1. The van der Waals surface area contributed by atoms with Crippen molar-refractivity contribution in [2.45, 2.75) is 6.92 Å². The number of anilines is 2. The van der Waals surface area contributed by atoms with Crippen LogP contribution < -0.4 is 15.0 Å². The number of nitrogens with zero attached hydrogens (tertiary/aromatic N) is 4. The van der Waals surface area contributed by atoms with Crippen LogP contribution in [0.4, 0.5) is 16.2 Å². The Bertz CT molecular complexity index is 966. The van der Waals surface area contributed by atoms with Gasteiger partial charge in [-0.1, -0.05) is 25.1 Å². The Morgan fingerprint density at radius 2 is 1.58 bits per heavy atom. The Morgan fingerprint density at radius 1 is 0.879 bits per heavy atom. The SMILES string of the molecule is CCN1CCN(c2ccccc2NC(=O)N2CCN(C(=O)c3cccc(OC)c3)CC2)CC1. The lowest BCUT2D eigenvalue weighted by atomic mass is 10.1. The van der Waals surface area contributed by atoms with E-state index in [1.807, 2.05) is 30.3 Å². The number of rotatable bonds is 5. The number of hydrogen-bond donors (Lipinski definition) is 1. The summed E-state index contributed by atoms with van der Waals surface area (Å²) in [4.78, 5) is 34.2. The van der Waals surface area contributed by atoms with Gasteiger partial charge in [0.25, 0.3) is 5.91 Å². The quantitative estimate of drug-likeness (QED) is 0.757. The third-order valence-corrected chi connectivity index (χ3v) is 6.48. The lowest BCUT2D eigenvalue weighted by molar-refractivity contribution is 0.0671. The van der Waals surface area contributed by atoms with Crippen LogP contribution >= 0.6 is 0 Å². The Morgan fingerprint density at radius 3 is 2.27 bits per heavy atom. The fraction of sp³-hybridized carbons (Fsp3) is 0.440. The van der Waals surface area contributed by atoms with Gasteiger partial charge in [0.2, 0.25) is 0 Å². The van der Waals surface area contributed by atoms with E-state index in [0.717, 1.165) is 44.1 Å². The molecule has 0 spiro atoms. The lowest BCUT2D eigenvalue weighted by Crippen LogP contribution is -2.51. The molecule has 0 radical (unpaired) electrons. The molecule has 3 amide bonds. The summed E-state index contributed by atoms with van der Waals surface area (Å²) in [5.74, 6) is 0.624. The van der Waals surface area contributed by atoms with Crippen molar-refractivity contribution in [3.05, 3.63) is 54.1 Å². The van der Waals surface area contributed by atoms with Crippen molar-refractivity contribution in [1.82, 2.24) is 14.7 Å². The van der Waals surface area contributed by atoms with Gasteiger partial charge >= 0.3 is 6.03 Å². The second kappa shape index (κ2) is 10.6. The second-order valence-corrected chi connectivity index (χ2v) is 8.38. The van der Waals surface area contributed by atoms with Crippen molar-refractivity contribution in [2.75, 3.05) is 76.2 Å². The van der Waals surface area contributed by atoms with E-state index in [2.05, 4.69) is 28.1 Å². The molecule has 2 aliphatic rings. The first kappa shape index (κ1) is 22.9. The number of benzene rings is 2. The minimum atomic E-state index is -0.122. The summed E-state index contributed by atoms with van der Waals surface area (Å²) >= 11 is 0. The van der Waals surface area contributed by atoms with Gasteiger partial charge in [-0.15, -0.1) is 0 Å². The van der Waals surface area contributed by atoms with Crippen LogP contribution in [0.3, 0.4) is 0 Å². The van der Waals surface area contributed by atoms with E-state index in [0.29, 0.717) is 37.5 Å². The van der Waals surface area contributed by atoms with Crippen molar-refractivity contribution in [2.24, 2.45) is 0 Å². The monoisotopic (exact) mass is 451 g/mol. The zero-order valence-corrected chi connectivity index (χ0v) is 19.5. The molecule has 0 saturated carbocycles. The summed E-state index contributed by atoms with van der Waals surface area (Å²) in [6, 6.07) is 15.1. The van der Waals surface area contributed by atoms with E-state index in [4.69, 9.17) is 4.74 Å². The number of methoxy groups -OCH3 is 1. The molecule has 0 aliphatic carbocycles. The van der Waals surface area contributed by atoms with Crippen LogP contribution in [-0.2, 0) is 0 Å². The summed E-state index contributed by atoms with van der Waals surface area (Å²) in [6.07, 6.45) is 0. The number of para-hydroxylation sites is 2. The molecule has 8 nitrogen and oxygen atoms in total. The molecule has 0 bridgehead atoms. The van der Waals surface area contributed by atoms with Crippen LogP contribution in [-0.4, -0.2) is 92.7 Å². The van der Waals surface area contributed by atoms with Crippen LogP contribution in [0.15, 0.2) is 48.5 Å². The highest BCUT2D eigenvalue weighted by Crippen LogP contribution is 2.27. The lowest BCUT2D eigenvalue weighted by Gasteiger charge is -2.37. The molecule has 2 aliphatic heterocycles. The van der Waals surface area contributed by atoms with Gasteiger partial charge in [0, 0.05) is 57.9 Å². The normalized spacial score (nSPS) is 17.1. The average molecular weight is 452 g/mol. The van der Waals surface area contributed by atoms with Crippen LogP contribution in [0.2, 0.25) is 0 Å². The number of carbonyl (C=O) groups excluding carboxylic acids is 2. The van der Waals surface area contributed by atoms with E-state index in [1.54, 1.807) is 29.0 Å². The molecule has 2 aromatic rings. The molecule has 0 unspecified atom stereocenters. The minimum absolute atomic E-state index is 0.0366. The van der Waals surface area contributed by atoms with Crippen LogP contribution in [0.1, 0.15) is 17.3 Å². The number of urea groups is 1. The fourth-order valence-electron chi connectivity index (χ4n) is 4.41. The van der Waals surface area contributed by atoms with Crippen molar-refractivity contribution >= 4 is 23.3 Å². The molecular formula is C25H33N5O3. The van der Waals surface area contributed by atoms with Gasteiger partial charge in [0.15, 0.2) is 0 Å². The van der Waals surface area contributed by atoms with E-state index in [1.165, 1.54) is 0 Å². The molecule has 1 N–H and O–H groups in total. The largest absolute Gasteiger partial charge is 0.497 e. The van der Waals surface area contributed by atoms with Crippen molar-refractivity contribution < 1.29 is 14.3 Å². The number of hydrogen-bond acceptors (Lipinski definition) is 5. The first-order valence-electron chi connectivity index (χ1n) is 11.6. The Balaban J connectivity index is 1.34. The standard InChI is InChI=1S/C25H33N5O3/c1-3-27-11-13-28(14-12-27)23-10-5-4-9-22(23)26-25(32)30-17-15-29(16-18-30)24(31)20-7-6-8-21(19-20)33-2/h4-10,19H,3,11-18H2,1-2H3,(H,26,32). The van der Waals surface area contributed by atoms with Gasteiger partial charge < -0.3 is 29.7 Å². The van der Waals surface area contributed by atoms with Crippen LogP contribution in [0.25, 0.3) is 0 Å². The Hall–Kier alpha value is -3.26. The van der Waals surface area contributed by atoms with E-state index < -0.39 is 0 Å². The topological polar surface area (TPSA) is 68.4 Å². The number of carbonyl (C=O) groups is 2. The smallest absolute Gasteiger partial charge is 0.322 e. The molecule has 8 heteroatoms. The first-order valence-corrected chi connectivity index (χ1v) is 11.6. The molecule has 0 atom stereocenters. The second-order valence-electron chi connectivity index (χ2n) is 8.38. The van der Waals surface area contributed by atoms with Crippen molar-refractivity contribution in [3.63, 3.8) is 0 Å². The van der Waals surface area contributed by atoms with Gasteiger partial charge in [0.05, 0.1) is 18.5 Å². The van der Waals surface area contributed by atoms with E-state index >= 15 is 0 Å². The van der Waals surface area contributed by atoms with Gasteiger partial charge in [-0.2, -0.15) is 0 Å². The number of nitrogens with one attached hydrogen (secondary N) is 1. The Labute approximate surface area is 195 Å². The number of amides is 3. The highest BCUT2D eigenvalue weighted by molar-refractivity contribution is 5.95. The van der Waals surface area contributed by atoms with Gasteiger partial charge in [-0.05, 0) is 36.9 Å². The molecule has 0 aromatic heterocycles. The summed E-state index contributed by atoms with van der Waals surface area (Å²) in [5.41, 5.74) is 2.50. The van der Waals surface area contributed by atoms with Crippen LogP contribution in [0, 0.1) is 0 Å². The molecule has 33 heavy (non-hydrogen) atoms. The maximum absolute atomic E-state index is 13.0. The zero-order valence-electron chi connectivity index (χ0n) is 19.5. The summed E-state index contributed by atoms with van der Waals surface area (Å²) in [6.45, 7) is 9.22. The predicted molar refractivity (Wildman–Crippen MR) is 130 cm³/mol. The maximum Gasteiger partial charge on any atom is 0.322 e. The van der Waals surface area contributed by atoms with Crippen molar-refractivity contribution in [3.8, 4) is 5.75 Å². The predicted octanol–water partition coefficient (Wildman–Crippen LogP) is 2.83. The molecule has 176 valence electrons. The molecule has 2 saturated heterocycles. The van der Waals surface area contributed by atoms with E-state index in [9.17, 15) is 9.59 Å². The molecule has 2 heterocycles. The fourth-order valence-corrected chi connectivity index (χ4v) is 4.41. The summed E-state index contributed by atoms with van der Waals surface area (Å²) in [5, 5.41) is 3.11. The van der Waals surface area contributed by atoms with Gasteiger partial charge in [-0.25, -0.2) is 4.79 Å². The third kappa shape index (κ3) is 5.39. The average Bonchev–Trinajstić information content (AvgIpc) is 2.88. The Kier molecular flexibility index (Phi) is 7.34. The third-order valence-electron chi connectivity index (χ3n) is 6.48. The molecule has 2 aromatic carbocycles. The number of likely N-dealkylation sites (N-methyl/N-ethyl adjacent to an activating group) is 1.